The number of nitro groups is 2. The van der Waals surface area contributed by atoms with E-state index in [1.165, 1.54) is 31.1 Å². The lowest BCUT2D eigenvalue weighted by atomic mass is 9.49. The maximum atomic E-state index is 15.3. The fourth-order valence-corrected chi connectivity index (χ4v) is 9.84. The first-order valence-electron chi connectivity index (χ1n) is 18.1. The lowest BCUT2D eigenvalue weighted by molar-refractivity contribution is -0.392. The molecular formula is C41H35ClN6O9. The minimum Gasteiger partial charge on any atom is -0.508 e. The molecule has 0 unspecified atom stereocenters. The Morgan fingerprint density at radius 2 is 1.51 bits per heavy atom. The van der Waals surface area contributed by atoms with Crippen molar-refractivity contribution >= 4 is 63.7 Å². The van der Waals surface area contributed by atoms with Crippen molar-refractivity contribution in [2.24, 2.45) is 23.7 Å². The molecule has 16 heteroatoms. The molecule has 2 heterocycles. The quantitative estimate of drug-likeness (QED) is 0.0864. The molecule has 2 N–H and O–H groups in total. The van der Waals surface area contributed by atoms with Crippen molar-refractivity contribution in [3.63, 3.8) is 0 Å². The summed E-state index contributed by atoms with van der Waals surface area (Å²) in [5.41, 5.74) is 2.43. The van der Waals surface area contributed by atoms with Gasteiger partial charge in [0, 0.05) is 37.2 Å². The molecule has 0 aromatic heterocycles. The second-order valence-electron chi connectivity index (χ2n) is 15.1. The summed E-state index contributed by atoms with van der Waals surface area (Å²) < 4.78 is 0. The third-order valence-corrected chi connectivity index (χ3v) is 12.2. The van der Waals surface area contributed by atoms with E-state index in [9.17, 15) is 39.7 Å². The van der Waals surface area contributed by atoms with Crippen molar-refractivity contribution < 1.29 is 34.1 Å². The van der Waals surface area contributed by atoms with Gasteiger partial charge in [0.15, 0.2) is 5.69 Å². The van der Waals surface area contributed by atoms with E-state index in [4.69, 9.17) is 11.6 Å². The number of benzene rings is 4. The number of carbonyl (C=O) groups excluding carboxylic acids is 4. The average molecular weight is 791 g/mol. The van der Waals surface area contributed by atoms with Crippen LogP contribution in [0.15, 0.2) is 96.6 Å². The largest absolute Gasteiger partial charge is 0.508 e. The third-order valence-electron chi connectivity index (χ3n) is 11.8. The molecule has 3 fully saturated rings. The summed E-state index contributed by atoms with van der Waals surface area (Å²) in [4.78, 5) is 84.0. The molecule has 1 saturated carbocycles. The summed E-state index contributed by atoms with van der Waals surface area (Å²) in [5.74, 6) is -7.66. The Balaban J connectivity index is 1.30. The van der Waals surface area contributed by atoms with Crippen LogP contribution in [-0.2, 0) is 24.6 Å². The molecule has 0 bridgehead atoms. The predicted octanol–water partition coefficient (Wildman–Crippen LogP) is 6.43. The van der Waals surface area contributed by atoms with Crippen molar-refractivity contribution in [1.82, 2.24) is 5.01 Å². The molecule has 4 amide bonds. The van der Waals surface area contributed by atoms with Gasteiger partial charge in [-0.2, -0.15) is 5.01 Å². The number of imide groups is 2. The van der Waals surface area contributed by atoms with E-state index in [1.54, 1.807) is 48.5 Å². The Morgan fingerprint density at radius 3 is 2.11 bits per heavy atom. The number of halogens is 1. The highest BCUT2D eigenvalue weighted by Crippen LogP contribution is 2.65. The van der Waals surface area contributed by atoms with Gasteiger partial charge < -0.3 is 10.0 Å². The van der Waals surface area contributed by atoms with Crippen molar-refractivity contribution in [2.75, 3.05) is 29.3 Å². The van der Waals surface area contributed by atoms with Crippen molar-refractivity contribution in [3.05, 3.63) is 139 Å². The number of anilines is 3. The van der Waals surface area contributed by atoms with Gasteiger partial charge in [0.1, 0.15) is 5.75 Å². The average Bonchev–Trinajstić information content (AvgIpc) is 3.56. The zero-order valence-electron chi connectivity index (χ0n) is 30.8. The van der Waals surface area contributed by atoms with Crippen LogP contribution in [0.3, 0.4) is 0 Å². The van der Waals surface area contributed by atoms with Crippen LogP contribution in [0.25, 0.3) is 0 Å². The highest BCUT2D eigenvalue weighted by molar-refractivity contribution is 6.31. The second-order valence-corrected chi connectivity index (χ2v) is 15.5. The molecule has 6 atom stereocenters. The zero-order chi connectivity index (χ0) is 40.7. The van der Waals surface area contributed by atoms with Crippen molar-refractivity contribution in [2.45, 2.75) is 31.1 Å². The molecular weight excluding hydrogens is 756 g/mol. The number of allylic oxidation sites excluding steroid dienone is 2. The van der Waals surface area contributed by atoms with Gasteiger partial charge >= 0.3 is 11.4 Å². The molecule has 0 spiro atoms. The van der Waals surface area contributed by atoms with E-state index in [0.29, 0.717) is 22.4 Å². The van der Waals surface area contributed by atoms with Crippen LogP contribution in [-0.4, -0.2) is 57.7 Å². The number of rotatable bonds is 8. The minimum atomic E-state index is -1.61. The number of aryl methyl sites for hydroxylation is 1. The number of hydrazine groups is 1. The molecule has 2 saturated heterocycles. The molecule has 0 radical (unpaired) electrons. The number of carbonyl (C=O) groups is 4. The Hall–Kier alpha value is -6.61. The topological polar surface area (TPSA) is 197 Å². The SMILES string of the molecule is Cc1ccc(NN2C(=O)[C@@H]3C[C@@H]4C(=CC[C@@H]5C(=O)N(c6cc([N+](=O)[O-])c(N(C)C)c([N+](=O)[O-])c6)C(=O)[C@@H]54)[C@H](c4ccc(O)cc4Cl)[C@]3(c3ccccc3)C2=O)cc1. The molecule has 2 aliphatic heterocycles. The maximum absolute atomic E-state index is 15.3. The summed E-state index contributed by atoms with van der Waals surface area (Å²) in [6.07, 6.45) is 1.79. The molecule has 8 rings (SSSR count). The highest BCUT2D eigenvalue weighted by Gasteiger charge is 2.70. The Labute approximate surface area is 330 Å². The monoisotopic (exact) mass is 790 g/mol. The smallest absolute Gasteiger partial charge is 0.301 e. The molecule has 57 heavy (non-hydrogen) atoms. The lowest BCUT2D eigenvalue weighted by Gasteiger charge is -2.50. The number of hydrogen-bond acceptors (Lipinski definition) is 11. The number of nitro benzene ring substituents is 2. The first-order valence-corrected chi connectivity index (χ1v) is 18.5. The van der Waals surface area contributed by atoms with E-state index in [2.05, 4.69) is 5.43 Å². The van der Waals surface area contributed by atoms with Gasteiger partial charge in [-0.15, -0.1) is 0 Å². The van der Waals surface area contributed by atoms with Crippen LogP contribution in [0.4, 0.5) is 28.4 Å². The van der Waals surface area contributed by atoms with Crippen LogP contribution in [0.5, 0.6) is 5.75 Å². The van der Waals surface area contributed by atoms with Gasteiger partial charge in [0.2, 0.25) is 11.8 Å². The fraction of sp³-hybridized carbons (Fsp3) is 0.268. The molecule has 4 aliphatic rings. The van der Waals surface area contributed by atoms with Crippen LogP contribution in [0.1, 0.15) is 35.4 Å². The van der Waals surface area contributed by atoms with E-state index in [0.717, 1.165) is 27.6 Å². The number of fused-ring (bicyclic) bond motifs is 4. The number of amides is 4. The van der Waals surface area contributed by atoms with Gasteiger partial charge in [-0.1, -0.05) is 77.3 Å². The van der Waals surface area contributed by atoms with E-state index >= 15 is 4.79 Å². The van der Waals surface area contributed by atoms with Crippen LogP contribution >= 0.6 is 11.6 Å². The number of nitrogens with zero attached hydrogens (tertiary/aromatic N) is 5. The number of hydrogen-bond donors (Lipinski definition) is 2. The van der Waals surface area contributed by atoms with E-state index in [1.807, 2.05) is 25.1 Å². The number of aromatic hydroxyl groups is 1. The maximum Gasteiger partial charge on any atom is 0.301 e. The predicted molar refractivity (Wildman–Crippen MR) is 208 cm³/mol. The molecule has 4 aromatic carbocycles. The van der Waals surface area contributed by atoms with E-state index in [-0.39, 0.29) is 35.0 Å². The summed E-state index contributed by atoms with van der Waals surface area (Å²) in [7, 11) is 2.81. The van der Waals surface area contributed by atoms with Gasteiger partial charge in [0.25, 0.3) is 11.8 Å². The molecule has 15 nitrogen and oxygen atoms in total. The number of phenols is 1. The molecule has 290 valence electrons. The van der Waals surface area contributed by atoms with Crippen molar-refractivity contribution in [3.8, 4) is 5.75 Å². The Morgan fingerprint density at radius 1 is 0.860 bits per heavy atom. The van der Waals surface area contributed by atoms with Gasteiger partial charge in [-0.3, -0.25) is 44.8 Å². The van der Waals surface area contributed by atoms with Crippen LogP contribution in [0, 0.1) is 50.8 Å². The van der Waals surface area contributed by atoms with Crippen molar-refractivity contribution in [1.29, 1.82) is 0 Å². The van der Waals surface area contributed by atoms with Gasteiger partial charge in [-0.25, -0.2) is 4.90 Å². The lowest BCUT2D eigenvalue weighted by Crippen LogP contribution is -2.53. The zero-order valence-corrected chi connectivity index (χ0v) is 31.5. The number of nitrogens with one attached hydrogen (secondary N) is 1. The van der Waals surface area contributed by atoms with Gasteiger partial charge in [0.05, 0.1) is 44.4 Å². The summed E-state index contributed by atoms with van der Waals surface area (Å²) in [6, 6.07) is 22.3. The minimum absolute atomic E-state index is 0.0206. The van der Waals surface area contributed by atoms with Gasteiger partial charge in [-0.05, 0) is 61.1 Å². The summed E-state index contributed by atoms with van der Waals surface area (Å²) in [5, 5.41) is 36.0. The fourth-order valence-electron chi connectivity index (χ4n) is 9.55. The molecule has 2 aliphatic carbocycles. The summed E-state index contributed by atoms with van der Waals surface area (Å²) in [6.45, 7) is 1.90. The highest BCUT2D eigenvalue weighted by atomic mass is 35.5. The number of phenolic OH excluding ortho intramolecular Hbond substituents is 1. The normalized spacial score (nSPS) is 25.1. The summed E-state index contributed by atoms with van der Waals surface area (Å²) >= 11 is 6.93. The first kappa shape index (κ1) is 37.3. The van der Waals surface area contributed by atoms with Crippen LogP contribution < -0.4 is 15.2 Å². The standard InChI is InChI=1S/C41H35ClN6O9/c1-21-9-11-23(12-10-21)43-46-38(51)30-20-29-26(35(27-14-13-25(49)19-31(27)42)41(30,40(46)53)22-7-5-4-6-8-22)15-16-28-34(29)39(52)45(37(28)50)24-17-32(47(54)55)36(44(2)3)33(18-24)48(56)57/h4-15,17-19,28-30,34-35,43,49H,16,20H2,1-3H3/t28-,29+,30-,34-,35+,41+/m0/s1. The first-order chi connectivity index (χ1) is 27.2. The third kappa shape index (κ3) is 5.55. The Bertz CT molecular complexity index is 2420. The Kier molecular flexibility index (Phi) is 8.87. The van der Waals surface area contributed by atoms with E-state index < -0.39 is 79.9 Å². The molecule has 4 aromatic rings. The van der Waals surface area contributed by atoms with Crippen LogP contribution in [0.2, 0.25) is 5.02 Å². The second kappa shape index (κ2) is 13.5.